The molecule has 1 heterocycles. The molecule has 1 atom stereocenters. The fourth-order valence-corrected chi connectivity index (χ4v) is 2.52. The fraction of sp³-hybridized carbons (Fsp3) is 0.389. The van der Waals surface area contributed by atoms with E-state index in [4.69, 9.17) is 4.74 Å². The van der Waals surface area contributed by atoms with Gasteiger partial charge in [-0.1, -0.05) is 12.1 Å². The maximum atomic E-state index is 12.5. The maximum Gasteiger partial charge on any atom is 0.344 e. The van der Waals surface area contributed by atoms with Crippen LogP contribution < -0.4 is 10.6 Å². The molecule has 1 aromatic carbocycles. The molecule has 0 fully saturated rings. The molecule has 0 saturated heterocycles. The third-order valence-electron chi connectivity index (χ3n) is 4.11. The van der Waals surface area contributed by atoms with Crippen LogP contribution in [-0.4, -0.2) is 23.4 Å². The van der Waals surface area contributed by atoms with Crippen molar-refractivity contribution in [1.29, 1.82) is 0 Å². The SMILES string of the molecule is CC(=O)Nc1cccc([C@H](C)NC(=O)C2=C(C)C(C)(C)OC2=O)c1. The van der Waals surface area contributed by atoms with E-state index in [1.54, 1.807) is 39.0 Å². The van der Waals surface area contributed by atoms with Crippen LogP contribution in [0.2, 0.25) is 0 Å². The van der Waals surface area contributed by atoms with E-state index in [0.29, 0.717) is 11.3 Å². The Bertz CT molecular complexity index is 734. The van der Waals surface area contributed by atoms with E-state index < -0.39 is 17.5 Å². The van der Waals surface area contributed by atoms with Gasteiger partial charge in [-0.2, -0.15) is 0 Å². The average molecular weight is 330 g/mol. The lowest BCUT2D eigenvalue weighted by Gasteiger charge is -2.18. The van der Waals surface area contributed by atoms with E-state index >= 15 is 0 Å². The Labute approximate surface area is 141 Å². The summed E-state index contributed by atoms with van der Waals surface area (Å²) >= 11 is 0. The van der Waals surface area contributed by atoms with Crippen LogP contribution in [0.4, 0.5) is 5.69 Å². The van der Waals surface area contributed by atoms with Crippen LogP contribution in [-0.2, 0) is 19.1 Å². The van der Waals surface area contributed by atoms with Crippen LogP contribution in [0.3, 0.4) is 0 Å². The highest BCUT2D eigenvalue weighted by Gasteiger charge is 2.41. The summed E-state index contributed by atoms with van der Waals surface area (Å²) in [5.41, 5.74) is 1.38. The van der Waals surface area contributed by atoms with E-state index in [9.17, 15) is 14.4 Å². The predicted molar refractivity (Wildman–Crippen MR) is 90.2 cm³/mol. The molecule has 0 saturated carbocycles. The highest BCUT2D eigenvalue weighted by Crippen LogP contribution is 2.32. The third-order valence-corrected chi connectivity index (χ3v) is 4.11. The number of amides is 2. The zero-order chi connectivity index (χ0) is 18.1. The number of esters is 1. The predicted octanol–water partition coefficient (Wildman–Crippen LogP) is 2.47. The number of hydrogen-bond donors (Lipinski definition) is 2. The zero-order valence-electron chi connectivity index (χ0n) is 14.5. The number of rotatable bonds is 4. The molecule has 1 aromatic rings. The lowest BCUT2D eigenvalue weighted by Crippen LogP contribution is -2.30. The van der Waals surface area contributed by atoms with Gasteiger partial charge in [-0.15, -0.1) is 0 Å². The number of benzene rings is 1. The smallest absolute Gasteiger partial charge is 0.344 e. The molecule has 1 aliphatic heterocycles. The second kappa shape index (κ2) is 6.47. The van der Waals surface area contributed by atoms with Crippen molar-refractivity contribution < 1.29 is 19.1 Å². The Morgan fingerprint density at radius 3 is 2.46 bits per heavy atom. The summed E-state index contributed by atoms with van der Waals surface area (Å²) in [6.45, 7) is 8.47. The minimum absolute atomic E-state index is 0.0601. The summed E-state index contributed by atoms with van der Waals surface area (Å²) in [6.07, 6.45) is 0. The van der Waals surface area contributed by atoms with Crippen molar-refractivity contribution in [3.8, 4) is 0 Å². The van der Waals surface area contributed by atoms with Crippen LogP contribution in [0.1, 0.15) is 46.2 Å². The molecule has 0 bridgehead atoms. The molecule has 6 heteroatoms. The Kier molecular flexibility index (Phi) is 4.78. The van der Waals surface area contributed by atoms with Crippen molar-refractivity contribution in [3.05, 3.63) is 41.0 Å². The molecule has 0 aliphatic carbocycles. The molecule has 24 heavy (non-hydrogen) atoms. The highest BCUT2D eigenvalue weighted by molar-refractivity contribution is 6.18. The van der Waals surface area contributed by atoms with Gasteiger partial charge in [-0.25, -0.2) is 4.79 Å². The summed E-state index contributed by atoms with van der Waals surface area (Å²) in [7, 11) is 0. The molecule has 1 aliphatic rings. The van der Waals surface area contributed by atoms with Crippen LogP contribution in [0.15, 0.2) is 35.4 Å². The molecule has 0 radical (unpaired) electrons. The number of nitrogens with one attached hydrogen (secondary N) is 2. The number of hydrogen-bond acceptors (Lipinski definition) is 4. The van der Waals surface area contributed by atoms with E-state index in [1.807, 2.05) is 13.0 Å². The summed E-state index contributed by atoms with van der Waals surface area (Å²) in [4.78, 5) is 35.5. The number of cyclic esters (lactones) is 1. The van der Waals surface area contributed by atoms with Crippen LogP contribution in [0.25, 0.3) is 0 Å². The van der Waals surface area contributed by atoms with Crippen molar-refractivity contribution >= 4 is 23.5 Å². The van der Waals surface area contributed by atoms with Crippen molar-refractivity contribution in [2.24, 2.45) is 0 Å². The molecule has 2 N–H and O–H groups in total. The second-order valence-corrected chi connectivity index (χ2v) is 6.40. The largest absolute Gasteiger partial charge is 0.451 e. The van der Waals surface area contributed by atoms with Gasteiger partial charge in [0.1, 0.15) is 11.2 Å². The topological polar surface area (TPSA) is 84.5 Å². The molecule has 0 unspecified atom stereocenters. The maximum absolute atomic E-state index is 12.5. The molecule has 128 valence electrons. The number of anilines is 1. The van der Waals surface area contributed by atoms with Gasteiger partial charge >= 0.3 is 5.97 Å². The normalized spacial score (nSPS) is 17.3. The van der Waals surface area contributed by atoms with Gasteiger partial charge in [-0.3, -0.25) is 9.59 Å². The van der Waals surface area contributed by atoms with E-state index in [2.05, 4.69) is 10.6 Å². The summed E-state index contributed by atoms with van der Waals surface area (Å²) in [5, 5.41) is 5.51. The van der Waals surface area contributed by atoms with E-state index in [1.165, 1.54) is 6.92 Å². The van der Waals surface area contributed by atoms with Gasteiger partial charge in [0.15, 0.2) is 0 Å². The standard InChI is InChI=1S/C18H22N2O4/c1-10-15(17(23)24-18(10,4)5)16(22)19-11(2)13-7-6-8-14(9-13)20-12(3)21/h6-9,11H,1-5H3,(H,19,22)(H,20,21)/t11-/m0/s1. The van der Waals surface area contributed by atoms with Crippen molar-refractivity contribution in [3.63, 3.8) is 0 Å². The van der Waals surface area contributed by atoms with Gasteiger partial charge < -0.3 is 15.4 Å². The van der Waals surface area contributed by atoms with E-state index in [0.717, 1.165) is 5.56 Å². The Morgan fingerprint density at radius 2 is 1.92 bits per heavy atom. The number of carbonyl (C=O) groups excluding carboxylic acids is 3. The first-order valence-corrected chi connectivity index (χ1v) is 7.75. The monoisotopic (exact) mass is 330 g/mol. The summed E-state index contributed by atoms with van der Waals surface area (Å²) in [6, 6.07) is 6.85. The average Bonchev–Trinajstić information content (AvgIpc) is 2.66. The second-order valence-electron chi connectivity index (χ2n) is 6.40. The molecule has 0 aromatic heterocycles. The zero-order valence-corrected chi connectivity index (χ0v) is 14.5. The van der Waals surface area contributed by atoms with Crippen LogP contribution >= 0.6 is 0 Å². The molecular formula is C18H22N2O4. The molecular weight excluding hydrogens is 308 g/mol. The van der Waals surface area contributed by atoms with Gasteiger partial charge in [-0.05, 0) is 51.0 Å². The third kappa shape index (κ3) is 3.64. The highest BCUT2D eigenvalue weighted by atomic mass is 16.6. The Morgan fingerprint density at radius 1 is 1.25 bits per heavy atom. The van der Waals surface area contributed by atoms with Crippen molar-refractivity contribution in [1.82, 2.24) is 5.32 Å². The van der Waals surface area contributed by atoms with Gasteiger partial charge in [0, 0.05) is 12.6 Å². The van der Waals surface area contributed by atoms with E-state index in [-0.39, 0.29) is 17.5 Å². The molecule has 0 spiro atoms. The van der Waals surface area contributed by atoms with Gasteiger partial charge in [0.05, 0.1) is 6.04 Å². The quantitative estimate of drug-likeness (QED) is 0.656. The van der Waals surface area contributed by atoms with Crippen LogP contribution in [0, 0.1) is 0 Å². The fourth-order valence-electron chi connectivity index (χ4n) is 2.52. The van der Waals surface area contributed by atoms with Gasteiger partial charge in [0.2, 0.25) is 5.91 Å². The summed E-state index contributed by atoms with van der Waals surface area (Å²) < 4.78 is 5.22. The Balaban J connectivity index is 2.17. The number of ether oxygens (including phenoxy) is 1. The first kappa shape index (κ1) is 17.7. The molecule has 2 amide bonds. The molecule has 6 nitrogen and oxygen atoms in total. The van der Waals surface area contributed by atoms with Crippen molar-refractivity contribution in [2.75, 3.05) is 5.32 Å². The minimum atomic E-state index is -0.766. The lowest BCUT2D eigenvalue weighted by molar-refractivity contribution is -0.145. The summed E-state index contributed by atoms with van der Waals surface area (Å²) in [5.74, 6) is -1.23. The number of carbonyl (C=O) groups is 3. The first-order valence-electron chi connectivity index (χ1n) is 7.75. The Hall–Kier alpha value is -2.63. The van der Waals surface area contributed by atoms with Crippen molar-refractivity contribution in [2.45, 2.75) is 46.3 Å². The minimum Gasteiger partial charge on any atom is -0.451 e. The van der Waals surface area contributed by atoms with Crippen LogP contribution in [0.5, 0.6) is 0 Å². The molecule has 2 rings (SSSR count). The first-order chi connectivity index (χ1) is 11.1. The lowest BCUT2D eigenvalue weighted by atomic mass is 9.97. The van der Waals surface area contributed by atoms with Gasteiger partial charge in [0.25, 0.3) is 5.91 Å².